The number of nitrogens with zero attached hydrogens (tertiary/aromatic N) is 3. The molecule has 0 atom stereocenters. The monoisotopic (exact) mass is 462 g/mol. The number of benzene rings is 2. The molecular formula is C22H18ClF3N4O2. The van der Waals surface area contributed by atoms with Crippen molar-refractivity contribution in [3.8, 4) is 11.4 Å². The van der Waals surface area contributed by atoms with Crippen LogP contribution in [-0.4, -0.2) is 27.2 Å². The van der Waals surface area contributed by atoms with Gasteiger partial charge in [0, 0.05) is 40.8 Å². The Balaban J connectivity index is 1.43. The van der Waals surface area contributed by atoms with Gasteiger partial charge in [0.15, 0.2) is 0 Å². The minimum Gasteiger partial charge on any atom is -0.354 e. The Morgan fingerprint density at radius 3 is 2.62 bits per heavy atom. The summed E-state index contributed by atoms with van der Waals surface area (Å²) in [5, 5.41) is 7.80. The molecule has 2 heterocycles. The molecule has 0 bridgehead atoms. The lowest BCUT2D eigenvalue weighted by Gasteiger charge is -2.08. The SMILES string of the molecule is Cc1cn(CCNC(=O)Cc2ccc(Cl)cc2)c2ccc(-c3noc(C(F)(F)F)n3)cc12. The Bertz CT molecular complexity index is 1260. The van der Waals surface area contributed by atoms with E-state index in [1.54, 1.807) is 30.3 Å². The number of carbonyl (C=O) groups excluding carboxylic acids is 1. The first-order chi connectivity index (χ1) is 15.2. The van der Waals surface area contributed by atoms with Crippen molar-refractivity contribution in [1.82, 2.24) is 20.0 Å². The molecule has 4 aromatic rings. The lowest BCUT2D eigenvalue weighted by molar-refractivity contribution is -0.159. The van der Waals surface area contributed by atoms with Gasteiger partial charge in [-0.1, -0.05) is 28.9 Å². The summed E-state index contributed by atoms with van der Waals surface area (Å²) in [5.74, 6) is -1.60. The van der Waals surface area contributed by atoms with Crippen LogP contribution in [0.1, 0.15) is 17.0 Å². The molecule has 0 aliphatic rings. The number of aryl methyl sites for hydroxylation is 1. The van der Waals surface area contributed by atoms with Gasteiger partial charge in [-0.25, -0.2) is 0 Å². The predicted molar refractivity (Wildman–Crippen MR) is 113 cm³/mol. The fourth-order valence-electron chi connectivity index (χ4n) is 3.42. The summed E-state index contributed by atoms with van der Waals surface area (Å²) in [6, 6.07) is 12.3. The summed E-state index contributed by atoms with van der Waals surface area (Å²) in [6.07, 6.45) is -2.50. The van der Waals surface area contributed by atoms with E-state index in [2.05, 4.69) is 20.0 Å². The smallest absolute Gasteiger partial charge is 0.354 e. The zero-order valence-corrected chi connectivity index (χ0v) is 17.7. The maximum atomic E-state index is 12.7. The van der Waals surface area contributed by atoms with Crippen molar-refractivity contribution in [2.75, 3.05) is 6.54 Å². The largest absolute Gasteiger partial charge is 0.471 e. The summed E-state index contributed by atoms with van der Waals surface area (Å²) in [4.78, 5) is 15.6. The standard InChI is InChI=1S/C22H18ClF3N4O2/c1-13-12-30(9-8-27-19(31)10-14-2-5-16(23)6-3-14)18-7-4-15(11-17(13)18)20-28-21(32-29-20)22(24,25)26/h2-7,11-12H,8-10H2,1H3,(H,27,31). The van der Waals surface area contributed by atoms with Crippen LogP contribution in [0.15, 0.2) is 53.2 Å². The molecule has 0 saturated heterocycles. The van der Waals surface area contributed by atoms with Gasteiger partial charge in [-0.15, -0.1) is 0 Å². The maximum Gasteiger partial charge on any atom is 0.471 e. The molecule has 6 nitrogen and oxygen atoms in total. The molecule has 0 aliphatic carbocycles. The molecule has 166 valence electrons. The Morgan fingerprint density at radius 2 is 1.94 bits per heavy atom. The van der Waals surface area contributed by atoms with Crippen LogP contribution >= 0.6 is 11.6 Å². The number of halogens is 4. The first kappa shape index (κ1) is 21.9. The molecule has 10 heteroatoms. The molecule has 0 fully saturated rings. The van der Waals surface area contributed by atoms with Crippen LogP contribution in [0.25, 0.3) is 22.3 Å². The Kier molecular flexibility index (Phi) is 5.92. The van der Waals surface area contributed by atoms with Crippen LogP contribution in [0.2, 0.25) is 5.02 Å². The summed E-state index contributed by atoms with van der Waals surface area (Å²) < 4.78 is 44.4. The van der Waals surface area contributed by atoms with Crippen LogP contribution in [0, 0.1) is 6.92 Å². The highest BCUT2D eigenvalue weighted by atomic mass is 35.5. The first-order valence-electron chi connectivity index (χ1n) is 9.72. The average molecular weight is 463 g/mol. The zero-order chi connectivity index (χ0) is 22.9. The normalized spacial score (nSPS) is 11.8. The van der Waals surface area contributed by atoms with Gasteiger partial charge >= 0.3 is 12.1 Å². The summed E-state index contributed by atoms with van der Waals surface area (Å²) in [6.45, 7) is 2.87. The van der Waals surface area contributed by atoms with E-state index in [1.807, 2.05) is 29.8 Å². The van der Waals surface area contributed by atoms with E-state index in [4.69, 9.17) is 11.6 Å². The minimum atomic E-state index is -4.69. The van der Waals surface area contributed by atoms with Gasteiger partial charge in [0.2, 0.25) is 11.7 Å². The van der Waals surface area contributed by atoms with E-state index < -0.39 is 12.1 Å². The number of nitrogens with one attached hydrogen (secondary N) is 1. The molecule has 0 radical (unpaired) electrons. The van der Waals surface area contributed by atoms with E-state index in [0.29, 0.717) is 23.7 Å². The van der Waals surface area contributed by atoms with Crippen molar-refractivity contribution in [2.45, 2.75) is 26.1 Å². The lowest BCUT2D eigenvalue weighted by Crippen LogP contribution is -2.28. The summed E-state index contributed by atoms with van der Waals surface area (Å²) >= 11 is 5.85. The number of amides is 1. The molecule has 32 heavy (non-hydrogen) atoms. The van der Waals surface area contributed by atoms with E-state index in [1.165, 1.54) is 0 Å². The first-order valence-corrected chi connectivity index (χ1v) is 10.1. The summed E-state index contributed by atoms with van der Waals surface area (Å²) in [5.41, 5.74) is 3.12. The average Bonchev–Trinajstić information content (AvgIpc) is 3.35. The fourth-order valence-corrected chi connectivity index (χ4v) is 3.55. The topological polar surface area (TPSA) is 73.0 Å². The molecule has 4 rings (SSSR count). The fraction of sp³-hybridized carbons (Fsp3) is 0.227. The third kappa shape index (κ3) is 4.77. The van der Waals surface area contributed by atoms with E-state index >= 15 is 0 Å². The van der Waals surface area contributed by atoms with Crippen molar-refractivity contribution in [3.05, 3.63) is 70.7 Å². The van der Waals surface area contributed by atoms with E-state index in [9.17, 15) is 18.0 Å². The van der Waals surface area contributed by atoms with Gasteiger partial charge in [0.25, 0.3) is 0 Å². The third-order valence-electron chi connectivity index (χ3n) is 4.96. The number of alkyl halides is 3. The van der Waals surface area contributed by atoms with Gasteiger partial charge in [-0.05, 0) is 48.4 Å². The zero-order valence-electron chi connectivity index (χ0n) is 16.9. The molecule has 0 unspecified atom stereocenters. The molecule has 2 aromatic heterocycles. The highest BCUT2D eigenvalue weighted by Crippen LogP contribution is 2.31. The van der Waals surface area contributed by atoms with Gasteiger partial charge in [-0.2, -0.15) is 18.2 Å². The number of aromatic nitrogens is 3. The van der Waals surface area contributed by atoms with Crippen LogP contribution in [0.3, 0.4) is 0 Å². The molecule has 0 aliphatic heterocycles. The van der Waals surface area contributed by atoms with Gasteiger partial charge in [0.05, 0.1) is 6.42 Å². The van der Waals surface area contributed by atoms with Gasteiger partial charge < -0.3 is 14.4 Å². The number of hydrogen-bond donors (Lipinski definition) is 1. The molecule has 2 aromatic carbocycles. The van der Waals surface area contributed by atoms with E-state index in [-0.39, 0.29) is 18.2 Å². The molecular weight excluding hydrogens is 445 g/mol. The number of fused-ring (bicyclic) bond motifs is 1. The quantitative estimate of drug-likeness (QED) is 0.436. The molecule has 0 saturated carbocycles. The van der Waals surface area contributed by atoms with Gasteiger partial charge in [0.1, 0.15) is 0 Å². The van der Waals surface area contributed by atoms with Crippen molar-refractivity contribution < 1.29 is 22.5 Å². The second-order valence-electron chi connectivity index (χ2n) is 7.31. The number of hydrogen-bond acceptors (Lipinski definition) is 4. The Morgan fingerprint density at radius 1 is 1.19 bits per heavy atom. The van der Waals surface area contributed by atoms with E-state index in [0.717, 1.165) is 22.0 Å². The molecule has 0 spiro atoms. The van der Waals surface area contributed by atoms with Crippen LogP contribution < -0.4 is 5.32 Å². The molecule has 1 N–H and O–H groups in total. The Hall–Kier alpha value is -3.33. The van der Waals surface area contributed by atoms with Crippen molar-refractivity contribution in [3.63, 3.8) is 0 Å². The number of rotatable bonds is 6. The third-order valence-corrected chi connectivity index (χ3v) is 5.21. The Labute approximate surface area is 186 Å². The van der Waals surface area contributed by atoms with Crippen LogP contribution in [-0.2, 0) is 23.9 Å². The van der Waals surface area contributed by atoms with Crippen molar-refractivity contribution in [2.24, 2.45) is 0 Å². The van der Waals surface area contributed by atoms with Crippen molar-refractivity contribution in [1.29, 1.82) is 0 Å². The van der Waals surface area contributed by atoms with Crippen molar-refractivity contribution >= 4 is 28.4 Å². The minimum absolute atomic E-state index is 0.0969. The predicted octanol–water partition coefficient (Wildman–Crippen LogP) is 5.03. The maximum absolute atomic E-state index is 12.7. The molecule has 1 amide bonds. The number of carbonyl (C=O) groups is 1. The lowest BCUT2D eigenvalue weighted by atomic mass is 10.1. The summed E-state index contributed by atoms with van der Waals surface area (Å²) in [7, 11) is 0. The second-order valence-corrected chi connectivity index (χ2v) is 7.75. The van der Waals surface area contributed by atoms with Crippen LogP contribution in [0.4, 0.5) is 13.2 Å². The second kappa shape index (κ2) is 8.66. The highest BCUT2D eigenvalue weighted by Gasteiger charge is 2.38. The van der Waals surface area contributed by atoms with Crippen LogP contribution in [0.5, 0.6) is 0 Å². The highest BCUT2D eigenvalue weighted by molar-refractivity contribution is 6.30. The van der Waals surface area contributed by atoms with Gasteiger partial charge in [-0.3, -0.25) is 4.79 Å².